The first-order valence-electron chi connectivity index (χ1n) is 8.16. The van der Waals surface area contributed by atoms with Crippen LogP contribution >= 0.6 is 14.7 Å². The van der Waals surface area contributed by atoms with E-state index in [1.165, 1.54) is 9.80 Å². The van der Waals surface area contributed by atoms with Crippen LogP contribution in [0.3, 0.4) is 0 Å². The summed E-state index contributed by atoms with van der Waals surface area (Å²) in [5, 5.41) is 0. The lowest BCUT2D eigenvalue weighted by atomic mass is 10.4. The summed E-state index contributed by atoms with van der Waals surface area (Å²) in [7, 11) is -5.04. The predicted octanol–water partition coefficient (Wildman–Crippen LogP) is 0.351. The fourth-order valence-electron chi connectivity index (χ4n) is 3.05. The van der Waals surface area contributed by atoms with E-state index in [1.54, 1.807) is 13.3 Å². The summed E-state index contributed by atoms with van der Waals surface area (Å²) in [4.78, 5) is 2.65. The van der Waals surface area contributed by atoms with Gasteiger partial charge in [0.15, 0.2) is 12.6 Å². The van der Waals surface area contributed by atoms with Crippen LogP contribution in [0, 0.1) is 0 Å². The van der Waals surface area contributed by atoms with Crippen molar-refractivity contribution in [2.75, 3.05) is 52.1 Å². The van der Waals surface area contributed by atoms with Crippen molar-refractivity contribution < 1.29 is 28.0 Å². The summed E-state index contributed by atoms with van der Waals surface area (Å²) in [5.41, 5.74) is 0. The predicted molar refractivity (Wildman–Crippen MR) is 90.6 cm³/mol. The van der Waals surface area contributed by atoms with Gasteiger partial charge in [0.1, 0.15) is 26.2 Å². The van der Waals surface area contributed by atoms with Gasteiger partial charge in [0.05, 0.1) is 12.2 Å². The zero-order chi connectivity index (χ0) is 17.0. The molecular weight excluding hydrogens is 322 g/mol. The lowest BCUT2D eigenvalue weighted by molar-refractivity contribution is -1.00. The molecule has 0 aromatic rings. The third-order valence-electron chi connectivity index (χ3n) is 3.55. The Balaban J connectivity index is 2.40. The van der Waals surface area contributed by atoms with Gasteiger partial charge in [-0.1, -0.05) is 0 Å². The molecule has 0 saturated carbocycles. The average molecular weight is 356 g/mol. The summed E-state index contributed by atoms with van der Waals surface area (Å²) in [5.74, 6) is 0. The van der Waals surface area contributed by atoms with E-state index in [-0.39, 0.29) is 12.2 Å². The Morgan fingerprint density at radius 1 is 0.773 bits per heavy atom. The monoisotopic (exact) mass is 356 g/mol. The zero-order valence-corrected chi connectivity index (χ0v) is 16.7. The second kappa shape index (κ2) is 8.41. The van der Waals surface area contributed by atoms with E-state index in [0.29, 0.717) is 12.6 Å². The molecule has 1 aliphatic heterocycles. The maximum Gasteiger partial charge on any atom is 0.252 e. The maximum absolute atomic E-state index is 12.4. The number of rotatable bonds is 8. The molecule has 0 aliphatic carbocycles. The second-order valence-electron chi connectivity index (χ2n) is 7.15. The van der Waals surface area contributed by atoms with E-state index < -0.39 is 14.7 Å². The van der Waals surface area contributed by atoms with E-state index in [9.17, 15) is 9.13 Å². The largest absolute Gasteiger partial charge is 0.322 e. The molecule has 0 aromatic carbocycles. The molecule has 0 aromatic heterocycles. The first-order valence-corrected chi connectivity index (χ1v) is 12.7. The Hall–Kier alpha value is 0.300. The molecular formula is C14H34N2O4P2+2. The number of piperazine rings is 1. The molecule has 0 spiro atoms. The second-order valence-corrected chi connectivity index (χ2v) is 12.3. The van der Waals surface area contributed by atoms with Crippen LogP contribution in [0.2, 0.25) is 0 Å². The summed E-state index contributed by atoms with van der Waals surface area (Å²) in [6.07, 6.45) is 1.18. The molecule has 0 unspecified atom stereocenters. The van der Waals surface area contributed by atoms with Crippen LogP contribution in [0.1, 0.15) is 27.7 Å². The van der Waals surface area contributed by atoms with Gasteiger partial charge >= 0.3 is 0 Å². The highest BCUT2D eigenvalue weighted by molar-refractivity contribution is 7.58. The van der Waals surface area contributed by atoms with Gasteiger partial charge in [0.2, 0.25) is 0 Å². The molecule has 1 rings (SSSR count). The van der Waals surface area contributed by atoms with Crippen LogP contribution in [0.15, 0.2) is 0 Å². The molecule has 8 heteroatoms. The Kier molecular flexibility index (Phi) is 7.78. The maximum atomic E-state index is 12.4. The van der Waals surface area contributed by atoms with Gasteiger partial charge in [-0.05, 0) is 27.7 Å². The fraction of sp³-hybridized carbons (Fsp3) is 1.00. The van der Waals surface area contributed by atoms with Crippen molar-refractivity contribution in [2.24, 2.45) is 0 Å². The van der Waals surface area contributed by atoms with E-state index in [1.807, 2.05) is 27.7 Å². The molecule has 2 N–H and O–H groups in total. The average Bonchev–Trinajstić information content (AvgIpc) is 2.27. The van der Waals surface area contributed by atoms with Crippen LogP contribution < -0.4 is 9.80 Å². The van der Waals surface area contributed by atoms with Crippen molar-refractivity contribution in [2.45, 2.75) is 39.9 Å². The van der Waals surface area contributed by atoms with E-state index >= 15 is 0 Å². The summed E-state index contributed by atoms with van der Waals surface area (Å²) in [6, 6.07) is 0. The molecule has 2 atom stereocenters. The Morgan fingerprint density at radius 2 is 1.05 bits per heavy atom. The first-order chi connectivity index (χ1) is 9.99. The van der Waals surface area contributed by atoms with Gasteiger partial charge in [-0.15, -0.1) is 0 Å². The minimum Gasteiger partial charge on any atom is -0.322 e. The van der Waals surface area contributed by atoms with E-state index in [4.69, 9.17) is 9.05 Å². The number of quaternary nitrogens is 2. The third kappa shape index (κ3) is 8.24. The van der Waals surface area contributed by atoms with Crippen LogP contribution in [0.5, 0.6) is 0 Å². The summed E-state index contributed by atoms with van der Waals surface area (Å²) in [6.45, 7) is 14.9. The van der Waals surface area contributed by atoms with E-state index in [0.717, 1.165) is 26.2 Å². The standard InChI is InChI=1S/C14H32N2O4P2/c1-13(2)19-21(5,17)11-15-7-9-16(10-8-15)12-22(6,18)20-14(3)4/h13-14H,7-12H2,1-6H3/p+2/t21-,22+. The topological polar surface area (TPSA) is 61.5 Å². The van der Waals surface area contributed by atoms with Gasteiger partial charge in [0, 0.05) is 13.3 Å². The molecule has 1 aliphatic rings. The fourth-order valence-corrected chi connectivity index (χ4v) is 7.24. The van der Waals surface area contributed by atoms with Gasteiger partial charge in [-0.3, -0.25) is 9.13 Å². The Morgan fingerprint density at radius 3 is 1.27 bits per heavy atom. The molecule has 1 heterocycles. The summed E-state index contributed by atoms with van der Waals surface area (Å²) >= 11 is 0. The van der Waals surface area contributed by atoms with Gasteiger partial charge in [-0.25, -0.2) is 0 Å². The number of hydrogen-bond acceptors (Lipinski definition) is 4. The van der Waals surface area contributed by atoms with Crippen molar-refractivity contribution in [3.8, 4) is 0 Å². The lowest BCUT2D eigenvalue weighted by Gasteiger charge is -2.32. The van der Waals surface area contributed by atoms with Crippen LogP contribution in [-0.2, 0) is 18.2 Å². The highest BCUT2D eigenvalue weighted by Gasteiger charge is 2.33. The molecule has 1 fully saturated rings. The number of nitrogens with one attached hydrogen (secondary N) is 2. The molecule has 22 heavy (non-hydrogen) atoms. The normalized spacial score (nSPS) is 28.5. The van der Waals surface area contributed by atoms with Crippen LogP contribution in [0.4, 0.5) is 0 Å². The molecule has 0 radical (unpaired) electrons. The first kappa shape index (κ1) is 20.3. The molecule has 0 bridgehead atoms. The van der Waals surface area contributed by atoms with Crippen molar-refractivity contribution >= 4 is 14.7 Å². The Labute approximate surface area is 135 Å². The quantitative estimate of drug-likeness (QED) is 0.616. The van der Waals surface area contributed by atoms with Crippen molar-refractivity contribution in [3.05, 3.63) is 0 Å². The molecule has 1 saturated heterocycles. The highest BCUT2D eigenvalue weighted by Crippen LogP contribution is 2.42. The smallest absolute Gasteiger partial charge is 0.252 e. The zero-order valence-electron chi connectivity index (χ0n) is 14.9. The van der Waals surface area contributed by atoms with Gasteiger partial charge in [0.25, 0.3) is 14.7 Å². The SMILES string of the molecule is CC(C)O[P@@](C)(=O)C[NH+]1CC[NH+](C[P@@](C)(=O)OC(C)C)CC1. The van der Waals surface area contributed by atoms with Gasteiger partial charge < -0.3 is 18.8 Å². The minimum atomic E-state index is -2.52. The third-order valence-corrected chi connectivity index (χ3v) is 7.33. The van der Waals surface area contributed by atoms with Crippen molar-refractivity contribution in [1.29, 1.82) is 0 Å². The van der Waals surface area contributed by atoms with Gasteiger partial charge in [-0.2, -0.15) is 0 Å². The van der Waals surface area contributed by atoms with E-state index in [2.05, 4.69) is 0 Å². The molecule has 132 valence electrons. The Bertz CT molecular complexity index is 395. The molecule has 6 nitrogen and oxygen atoms in total. The highest BCUT2D eigenvalue weighted by atomic mass is 31.2. The lowest BCUT2D eigenvalue weighted by Crippen LogP contribution is -3.28. The minimum absolute atomic E-state index is 0.00120. The van der Waals surface area contributed by atoms with Crippen molar-refractivity contribution in [1.82, 2.24) is 0 Å². The van der Waals surface area contributed by atoms with Crippen molar-refractivity contribution in [3.63, 3.8) is 0 Å². The number of hydrogen-bond donors (Lipinski definition) is 2. The van der Waals surface area contributed by atoms with Crippen LogP contribution in [-0.4, -0.2) is 64.3 Å². The summed E-state index contributed by atoms with van der Waals surface area (Å²) < 4.78 is 35.9. The molecule has 0 amide bonds. The van der Waals surface area contributed by atoms with Crippen LogP contribution in [0.25, 0.3) is 0 Å².